The average Bonchev–Trinajstić information content (AvgIpc) is 2.53. The molecule has 0 unspecified atom stereocenters. The Labute approximate surface area is 122 Å². The van der Waals surface area contributed by atoms with E-state index in [2.05, 4.69) is 11.4 Å². The molecule has 0 saturated heterocycles. The van der Waals surface area contributed by atoms with Crippen LogP contribution in [0.25, 0.3) is 0 Å². The molecule has 0 spiro atoms. The highest BCUT2D eigenvalue weighted by molar-refractivity contribution is 5.60. The first kappa shape index (κ1) is 14.4. The fourth-order valence-electron chi connectivity index (χ4n) is 1.84. The predicted molar refractivity (Wildman–Crippen MR) is 76.2 cm³/mol. The third kappa shape index (κ3) is 3.29. The smallest absolute Gasteiger partial charge is 0.129 e. The highest BCUT2D eigenvalue weighted by atomic mass is 19.1. The van der Waals surface area contributed by atoms with Gasteiger partial charge < -0.3 is 10.1 Å². The van der Waals surface area contributed by atoms with E-state index < -0.39 is 5.82 Å². The molecule has 0 aliphatic carbocycles. The maximum atomic E-state index is 13.8. The maximum absolute atomic E-state index is 13.8. The number of benzene rings is 2. The molecule has 2 rings (SSSR count). The summed E-state index contributed by atoms with van der Waals surface area (Å²) >= 11 is 0. The second-order valence-electron chi connectivity index (χ2n) is 4.29. The fourth-order valence-corrected chi connectivity index (χ4v) is 1.84. The van der Waals surface area contributed by atoms with Gasteiger partial charge in [-0.15, -0.1) is 0 Å². The van der Waals surface area contributed by atoms with Gasteiger partial charge in [0, 0.05) is 18.2 Å². The molecule has 4 nitrogen and oxygen atoms in total. The molecule has 0 heterocycles. The average molecular weight is 281 g/mol. The molecule has 1 N–H and O–H groups in total. The summed E-state index contributed by atoms with van der Waals surface area (Å²) in [6.07, 6.45) is 0. The van der Waals surface area contributed by atoms with Gasteiger partial charge in [0.25, 0.3) is 0 Å². The van der Waals surface area contributed by atoms with Gasteiger partial charge in [-0.25, -0.2) is 4.39 Å². The molecule has 21 heavy (non-hydrogen) atoms. The molecule has 0 radical (unpaired) electrons. The van der Waals surface area contributed by atoms with Crippen LogP contribution in [0.4, 0.5) is 10.1 Å². The summed E-state index contributed by atoms with van der Waals surface area (Å²) in [7, 11) is 1.53. The molecule has 0 aliphatic rings. The number of nitrogens with zero attached hydrogens (tertiary/aromatic N) is 2. The number of ether oxygens (including phenoxy) is 1. The monoisotopic (exact) mass is 281 g/mol. The van der Waals surface area contributed by atoms with Gasteiger partial charge in [0.15, 0.2) is 0 Å². The number of halogens is 1. The van der Waals surface area contributed by atoms with Gasteiger partial charge in [0.1, 0.15) is 17.6 Å². The third-order valence-corrected chi connectivity index (χ3v) is 3.00. The number of hydrogen-bond donors (Lipinski definition) is 1. The van der Waals surface area contributed by atoms with Gasteiger partial charge in [0.2, 0.25) is 0 Å². The van der Waals surface area contributed by atoms with Crippen molar-refractivity contribution in [1.29, 1.82) is 10.5 Å². The quantitative estimate of drug-likeness (QED) is 0.934. The molecule has 0 saturated carbocycles. The van der Waals surface area contributed by atoms with E-state index in [-0.39, 0.29) is 12.1 Å². The second kappa shape index (κ2) is 6.40. The molecule has 2 aromatic rings. The van der Waals surface area contributed by atoms with Crippen LogP contribution >= 0.6 is 0 Å². The van der Waals surface area contributed by atoms with Crippen molar-refractivity contribution in [3.63, 3.8) is 0 Å². The molecular weight excluding hydrogens is 269 g/mol. The van der Waals surface area contributed by atoms with Gasteiger partial charge in [-0.1, -0.05) is 6.07 Å². The van der Waals surface area contributed by atoms with Crippen LogP contribution in [-0.2, 0) is 6.54 Å². The summed E-state index contributed by atoms with van der Waals surface area (Å²) in [5, 5.41) is 20.8. The van der Waals surface area contributed by atoms with Gasteiger partial charge in [0.05, 0.1) is 30.0 Å². The zero-order valence-corrected chi connectivity index (χ0v) is 11.4. The van der Waals surface area contributed by atoms with Gasteiger partial charge in [-0.2, -0.15) is 10.5 Å². The standard InChI is InChI=1S/C16H12FN3O/c1-21-14-5-4-12(9-19)16(7-14)20-10-13-3-2-11(8-18)6-15(13)17/h2-7,20H,10H2,1H3. The Morgan fingerprint density at radius 1 is 1.14 bits per heavy atom. The van der Waals surface area contributed by atoms with Crippen LogP contribution in [0, 0.1) is 28.5 Å². The van der Waals surface area contributed by atoms with Crippen molar-refractivity contribution in [2.24, 2.45) is 0 Å². The first-order valence-electron chi connectivity index (χ1n) is 6.18. The van der Waals surface area contributed by atoms with Crippen LogP contribution < -0.4 is 10.1 Å². The van der Waals surface area contributed by atoms with Crippen molar-refractivity contribution >= 4 is 5.69 Å². The van der Waals surface area contributed by atoms with E-state index in [9.17, 15) is 4.39 Å². The molecule has 0 atom stereocenters. The lowest BCUT2D eigenvalue weighted by molar-refractivity contribution is 0.415. The van der Waals surface area contributed by atoms with Crippen molar-refractivity contribution < 1.29 is 9.13 Å². The van der Waals surface area contributed by atoms with Gasteiger partial charge in [-0.05, 0) is 24.3 Å². The summed E-state index contributed by atoms with van der Waals surface area (Å²) in [6.45, 7) is 0.208. The van der Waals surface area contributed by atoms with E-state index in [0.717, 1.165) is 0 Å². The van der Waals surface area contributed by atoms with Crippen LogP contribution in [0.5, 0.6) is 5.75 Å². The minimum absolute atomic E-state index is 0.208. The fraction of sp³-hybridized carbons (Fsp3) is 0.125. The molecule has 0 aromatic heterocycles. The lowest BCUT2D eigenvalue weighted by Crippen LogP contribution is -2.04. The molecular formula is C16H12FN3O. The molecule has 0 bridgehead atoms. The Kier molecular flexibility index (Phi) is 4.38. The summed E-state index contributed by atoms with van der Waals surface area (Å²) in [5.41, 5.74) is 1.71. The van der Waals surface area contributed by atoms with Crippen molar-refractivity contribution in [2.45, 2.75) is 6.54 Å². The van der Waals surface area contributed by atoms with E-state index in [0.29, 0.717) is 22.6 Å². The molecule has 2 aromatic carbocycles. The number of rotatable bonds is 4. The van der Waals surface area contributed by atoms with Crippen molar-refractivity contribution in [2.75, 3.05) is 12.4 Å². The zero-order chi connectivity index (χ0) is 15.2. The first-order chi connectivity index (χ1) is 10.2. The second-order valence-corrected chi connectivity index (χ2v) is 4.29. The SMILES string of the molecule is COc1ccc(C#N)c(NCc2ccc(C#N)cc2F)c1. The molecule has 0 aliphatic heterocycles. The largest absolute Gasteiger partial charge is 0.497 e. The summed E-state index contributed by atoms with van der Waals surface area (Å²) in [6, 6.07) is 13.2. The first-order valence-corrected chi connectivity index (χ1v) is 6.18. The lowest BCUT2D eigenvalue weighted by atomic mass is 10.1. The topological polar surface area (TPSA) is 68.8 Å². The predicted octanol–water partition coefficient (Wildman–Crippen LogP) is 3.19. The summed E-state index contributed by atoms with van der Waals surface area (Å²) < 4.78 is 18.9. The van der Waals surface area contributed by atoms with Crippen molar-refractivity contribution in [3.8, 4) is 17.9 Å². The van der Waals surface area contributed by atoms with Gasteiger partial charge in [-0.3, -0.25) is 0 Å². The number of hydrogen-bond acceptors (Lipinski definition) is 4. The van der Waals surface area contributed by atoms with E-state index in [4.69, 9.17) is 15.3 Å². The van der Waals surface area contributed by atoms with Crippen LogP contribution in [0.15, 0.2) is 36.4 Å². The minimum Gasteiger partial charge on any atom is -0.497 e. The van der Waals surface area contributed by atoms with Crippen molar-refractivity contribution in [3.05, 3.63) is 58.9 Å². The Hall–Kier alpha value is -3.05. The lowest BCUT2D eigenvalue weighted by Gasteiger charge is -2.10. The number of methoxy groups -OCH3 is 1. The Morgan fingerprint density at radius 3 is 2.57 bits per heavy atom. The molecule has 5 heteroatoms. The van der Waals surface area contributed by atoms with Crippen molar-refractivity contribution in [1.82, 2.24) is 0 Å². The highest BCUT2D eigenvalue weighted by Crippen LogP contribution is 2.23. The Bertz CT molecular complexity index is 744. The van der Waals surface area contributed by atoms with E-state index in [1.165, 1.54) is 13.2 Å². The van der Waals surface area contributed by atoms with Crippen LogP contribution in [0.1, 0.15) is 16.7 Å². The number of anilines is 1. The zero-order valence-electron chi connectivity index (χ0n) is 11.4. The maximum Gasteiger partial charge on any atom is 0.129 e. The normalized spacial score (nSPS) is 9.52. The summed E-state index contributed by atoms with van der Waals surface area (Å²) in [4.78, 5) is 0. The number of nitriles is 2. The molecule has 0 fully saturated rings. The summed E-state index contributed by atoms with van der Waals surface area (Å²) in [5.74, 6) is 0.153. The molecule has 0 amide bonds. The Morgan fingerprint density at radius 2 is 1.95 bits per heavy atom. The highest BCUT2D eigenvalue weighted by Gasteiger charge is 2.07. The minimum atomic E-state index is -0.456. The van der Waals surface area contributed by atoms with E-state index in [1.807, 2.05) is 6.07 Å². The Balaban J connectivity index is 2.20. The van der Waals surface area contributed by atoms with E-state index in [1.54, 1.807) is 30.3 Å². The van der Waals surface area contributed by atoms with Crippen LogP contribution in [-0.4, -0.2) is 7.11 Å². The van der Waals surface area contributed by atoms with Crippen LogP contribution in [0.2, 0.25) is 0 Å². The van der Waals surface area contributed by atoms with E-state index >= 15 is 0 Å². The third-order valence-electron chi connectivity index (χ3n) is 3.00. The number of nitrogens with one attached hydrogen (secondary N) is 1. The molecule has 104 valence electrons. The van der Waals surface area contributed by atoms with Gasteiger partial charge >= 0.3 is 0 Å². The van der Waals surface area contributed by atoms with Crippen LogP contribution in [0.3, 0.4) is 0 Å².